The second-order valence-corrected chi connectivity index (χ2v) is 5.86. The van der Waals surface area contributed by atoms with E-state index in [0.717, 1.165) is 5.56 Å². The minimum absolute atomic E-state index is 0.0478. The van der Waals surface area contributed by atoms with Gasteiger partial charge in [0, 0.05) is 5.56 Å². The van der Waals surface area contributed by atoms with Gasteiger partial charge in [0.1, 0.15) is 0 Å². The fourth-order valence-corrected chi connectivity index (χ4v) is 2.99. The molecule has 2 aromatic carbocycles. The molecule has 1 N–H and O–H groups in total. The highest BCUT2D eigenvalue weighted by atomic mass is 16.3. The number of amides is 1. The molecule has 0 radical (unpaired) electrons. The van der Waals surface area contributed by atoms with E-state index >= 15 is 0 Å². The largest absolute Gasteiger partial charge is 0.375 e. The van der Waals surface area contributed by atoms with Gasteiger partial charge in [0.2, 0.25) is 0 Å². The predicted octanol–water partition coefficient (Wildman–Crippen LogP) is 2.53. The summed E-state index contributed by atoms with van der Waals surface area (Å²) in [5.41, 5.74) is -0.0506. The summed E-state index contributed by atoms with van der Waals surface area (Å²) in [6.45, 7) is 0.0478. The number of terminal acetylenes is 1. The van der Waals surface area contributed by atoms with E-state index in [0.29, 0.717) is 11.3 Å². The first-order valence-corrected chi connectivity index (χ1v) is 7.89. The normalized spacial score (nSPS) is 19.0. The van der Waals surface area contributed by atoms with E-state index < -0.39 is 11.5 Å². The minimum Gasteiger partial charge on any atom is -0.375 e. The highest BCUT2D eigenvalue weighted by molar-refractivity contribution is 6.10. The van der Waals surface area contributed by atoms with Crippen molar-refractivity contribution in [2.45, 2.75) is 12.0 Å². The smallest absolute Gasteiger partial charge is 0.265 e. The molecule has 1 amide bonds. The Kier molecular flexibility index (Phi) is 4.51. The number of carbonyl (C=O) groups is 2. The van der Waals surface area contributed by atoms with E-state index in [1.807, 2.05) is 30.3 Å². The Labute approximate surface area is 146 Å². The van der Waals surface area contributed by atoms with Crippen LogP contribution in [-0.4, -0.2) is 23.3 Å². The van der Waals surface area contributed by atoms with E-state index in [2.05, 4.69) is 5.92 Å². The SMILES string of the molecule is C#CCN1C(=O)C(O)(CC(=O)/C=C/c2ccccc2)c2ccccc21. The number of aliphatic hydroxyl groups is 1. The molecule has 25 heavy (non-hydrogen) atoms. The number of nitrogens with zero attached hydrogens (tertiary/aromatic N) is 1. The van der Waals surface area contributed by atoms with E-state index in [1.165, 1.54) is 11.0 Å². The van der Waals surface area contributed by atoms with Gasteiger partial charge in [0.05, 0.1) is 18.7 Å². The average Bonchev–Trinajstić information content (AvgIpc) is 2.83. The first kappa shape index (κ1) is 16.7. The van der Waals surface area contributed by atoms with Gasteiger partial charge >= 0.3 is 0 Å². The first-order valence-electron chi connectivity index (χ1n) is 7.89. The summed E-state index contributed by atoms with van der Waals surface area (Å²) in [6, 6.07) is 16.2. The number of rotatable bonds is 5. The third-order valence-electron chi connectivity index (χ3n) is 4.18. The van der Waals surface area contributed by atoms with Gasteiger partial charge in [-0.25, -0.2) is 0 Å². The fourth-order valence-electron chi connectivity index (χ4n) is 2.99. The number of benzene rings is 2. The van der Waals surface area contributed by atoms with Crippen LogP contribution in [0.4, 0.5) is 5.69 Å². The molecule has 0 spiro atoms. The van der Waals surface area contributed by atoms with Gasteiger partial charge in [-0.1, -0.05) is 60.5 Å². The van der Waals surface area contributed by atoms with Crippen LogP contribution in [0, 0.1) is 12.3 Å². The zero-order valence-corrected chi connectivity index (χ0v) is 13.6. The molecular formula is C21H17NO3. The van der Waals surface area contributed by atoms with Crippen LogP contribution < -0.4 is 4.90 Å². The van der Waals surface area contributed by atoms with Gasteiger partial charge in [-0.2, -0.15) is 0 Å². The zero-order valence-electron chi connectivity index (χ0n) is 13.6. The van der Waals surface area contributed by atoms with Crippen LogP contribution in [0.1, 0.15) is 17.5 Å². The van der Waals surface area contributed by atoms with Crippen LogP contribution in [0.3, 0.4) is 0 Å². The molecule has 2 aromatic rings. The number of allylic oxidation sites excluding steroid dienone is 1. The molecule has 3 rings (SSSR count). The van der Waals surface area contributed by atoms with Crippen molar-refractivity contribution < 1.29 is 14.7 Å². The third kappa shape index (κ3) is 3.10. The lowest BCUT2D eigenvalue weighted by Gasteiger charge is -2.21. The number of hydrogen-bond donors (Lipinski definition) is 1. The summed E-state index contributed by atoms with van der Waals surface area (Å²) < 4.78 is 0. The molecule has 0 bridgehead atoms. The van der Waals surface area contributed by atoms with Gasteiger partial charge in [-0.05, 0) is 17.7 Å². The Morgan fingerprint density at radius 2 is 1.84 bits per heavy atom. The van der Waals surface area contributed by atoms with Crippen LogP contribution in [-0.2, 0) is 15.2 Å². The topological polar surface area (TPSA) is 57.6 Å². The minimum atomic E-state index is -1.88. The maximum absolute atomic E-state index is 12.7. The summed E-state index contributed by atoms with van der Waals surface area (Å²) in [7, 11) is 0. The maximum Gasteiger partial charge on any atom is 0.265 e. The molecule has 1 aliphatic heterocycles. The molecule has 0 saturated carbocycles. The quantitative estimate of drug-likeness (QED) is 0.676. The molecule has 124 valence electrons. The molecule has 0 fully saturated rings. The summed E-state index contributed by atoms with van der Waals surface area (Å²) in [5, 5.41) is 11.0. The van der Waals surface area contributed by atoms with Crippen LogP contribution in [0.15, 0.2) is 60.7 Å². The van der Waals surface area contributed by atoms with Gasteiger partial charge in [-0.3, -0.25) is 14.5 Å². The Bertz CT molecular complexity index is 880. The Morgan fingerprint density at radius 1 is 1.16 bits per heavy atom. The molecular weight excluding hydrogens is 314 g/mol. The molecule has 0 aliphatic carbocycles. The van der Waals surface area contributed by atoms with E-state index in [4.69, 9.17) is 6.42 Å². The van der Waals surface area contributed by atoms with Crippen molar-refractivity contribution in [3.63, 3.8) is 0 Å². The van der Waals surface area contributed by atoms with Crippen LogP contribution in [0.5, 0.6) is 0 Å². The number of carbonyl (C=O) groups excluding carboxylic acids is 2. The van der Waals surface area contributed by atoms with Crippen molar-refractivity contribution in [2.75, 3.05) is 11.4 Å². The Balaban J connectivity index is 1.86. The van der Waals surface area contributed by atoms with Crippen molar-refractivity contribution in [2.24, 2.45) is 0 Å². The lowest BCUT2D eigenvalue weighted by molar-refractivity contribution is -0.140. The molecule has 1 unspecified atom stereocenters. The maximum atomic E-state index is 12.7. The number of hydrogen-bond acceptors (Lipinski definition) is 3. The zero-order chi connectivity index (χ0) is 17.9. The van der Waals surface area contributed by atoms with Crippen LogP contribution >= 0.6 is 0 Å². The molecule has 1 aliphatic rings. The average molecular weight is 331 g/mol. The van der Waals surface area contributed by atoms with Crippen molar-refractivity contribution in [1.82, 2.24) is 0 Å². The van der Waals surface area contributed by atoms with E-state index in [-0.39, 0.29) is 18.7 Å². The third-order valence-corrected chi connectivity index (χ3v) is 4.18. The second kappa shape index (κ2) is 6.76. The van der Waals surface area contributed by atoms with E-state index in [9.17, 15) is 14.7 Å². The second-order valence-electron chi connectivity index (χ2n) is 5.86. The summed E-state index contributed by atoms with van der Waals surface area (Å²) in [6.07, 6.45) is 8.04. The summed E-state index contributed by atoms with van der Waals surface area (Å²) in [5.74, 6) is 1.52. The Morgan fingerprint density at radius 3 is 2.56 bits per heavy atom. The molecule has 0 aromatic heterocycles. The monoisotopic (exact) mass is 331 g/mol. The van der Waals surface area contributed by atoms with Crippen LogP contribution in [0.2, 0.25) is 0 Å². The lowest BCUT2D eigenvalue weighted by atomic mass is 9.90. The van der Waals surface area contributed by atoms with Gasteiger partial charge in [0.25, 0.3) is 5.91 Å². The molecule has 0 saturated heterocycles. The van der Waals surface area contributed by atoms with Crippen molar-refractivity contribution in [3.8, 4) is 12.3 Å². The Hall–Kier alpha value is -3.16. The van der Waals surface area contributed by atoms with Crippen molar-refractivity contribution in [3.05, 3.63) is 71.8 Å². The first-order chi connectivity index (χ1) is 12.1. The van der Waals surface area contributed by atoms with Gasteiger partial charge < -0.3 is 5.11 Å². The van der Waals surface area contributed by atoms with Gasteiger partial charge in [0.15, 0.2) is 11.4 Å². The highest BCUT2D eigenvalue weighted by Crippen LogP contribution is 2.42. The van der Waals surface area contributed by atoms with Gasteiger partial charge in [-0.15, -0.1) is 6.42 Å². The molecule has 4 heteroatoms. The molecule has 1 heterocycles. The summed E-state index contributed by atoms with van der Waals surface area (Å²) in [4.78, 5) is 26.4. The number of ketones is 1. The highest BCUT2D eigenvalue weighted by Gasteiger charge is 2.50. The number of anilines is 1. The van der Waals surface area contributed by atoms with Crippen molar-refractivity contribution in [1.29, 1.82) is 0 Å². The van der Waals surface area contributed by atoms with Crippen molar-refractivity contribution >= 4 is 23.5 Å². The molecule has 4 nitrogen and oxygen atoms in total. The summed E-state index contributed by atoms with van der Waals surface area (Å²) >= 11 is 0. The lowest BCUT2D eigenvalue weighted by Crippen LogP contribution is -2.41. The number of fused-ring (bicyclic) bond motifs is 1. The molecule has 1 atom stereocenters. The fraction of sp³-hybridized carbons (Fsp3) is 0.143. The van der Waals surface area contributed by atoms with Crippen LogP contribution in [0.25, 0.3) is 6.08 Å². The predicted molar refractivity (Wildman–Crippen MR) is 96.6 cm³/mol. The standard InChI is InChI=1S/C21H17NO3/c1-2-14-22-19-11-7-6-10-18(19)21(25,20(22)24)15-17(23)13-12-16-8-4-3-5-9-16/h1,3-13,25H,14-15H2/b13-12+. The number of para-hydroxylation sites is 1. The van der Waals surface area contributed by atoms with E-state index in [1.54, 1.807) is 30.3 Å².